The Morgan fingerprint density at radius 1 is 1.07 bits per heavy atom. The molecule has 12 nitrogen and oxygen atoms in total. The van der Waals surface area contributed by atoms with E-state index in [1.54, 1.807) is 23.6 Å². The summed E-state index contributed by atoms with van der Waals surface area (Å²) in [4.78, 5) is 24.3. The zero-order valence-electron chi connectivity index (χ0n) is 24.6. The van der Waals surface area contributed by atoms with Gasteiger partial charge in [0.25, 0.3) is 0 Å². The van der Waals surface area contributed by atoms with E-state index in [0.717, 1.165) is 54.9 Å². The van der Waals surface area contributed by atoms with Crippen molar-refractivity contribution in [2.75, 3.05) is 95.6 Å². The van der Waals surface area contributed by atoms with Crippen molar-refractivity contribution in [1.29, 1.82) is 0 Å². The Labute approximate surface area is 251 Å². The first-order valence-electron chi connectivity index (χ1n) is 14.6. The Bertz CT molecular complexity index is 1500. The van der Waals surface area contributed by atoms with E-state index in [4.69, 9.17) is 19.4 Å². The van der Waals surface area contributed by atoms with Crippen molar-refractivity contribution in [2.24, 2.45) is 0 Å². The van der Waals surface area contributed by atoms with Crippen molar-refractivity contribution in [1.82, 2.24) is 29.7 Å². The standard InChI is InChI=1S/C28H40N8O4S2/c1-33-6-4-22(5-7-33)35-10-8-34(9-11-35)18-21-19-41-26-24(30-28(31-25(21)26)36-12-14-40-15-13-36)20-16-23(32-42(3,37)38)27(39-2)29-17-20/h16-17,19,22,32H,4-15,18H2,1-3H3. The fourth-order valence-electron chi connectivity index (χ4n) is 6.07. The molecule has 3 aliphatic heterocycles. The number of sulfonamides is 1. The van der Waals surface area contributed by atoms with Crippen molar-refractivity contribution in [2.45, 2.75) is 25.4 Å². The minimum atomic E-state index is -3.54. The summed E-state index contributed by atoms with van der Waals surface area (Å²) in [6.45, 7) is 10.2. The largest absolute Gasteiger partial charge is 0.480 e. The number of piperidine rings is 1. The maximum absolute atomic E-state index is 12.1. The number of hydrogen-bond acceptors (Lipinski definition) is 12. The molecule has 0 spiro atoms. The molecule has 3 aliphatic rings. The molecule has 42 heavy (non-hydrogen) atoms. The maximum atomic E-state index is 12.1. The van der Waals surface area contributed by atoms with Gasteiger partial charge in [0.05, 0.1) is 42.5 Å². The van der Waals surface area contributed by atoms with Gasteiger partial charge in [-0.2, -0.15) is 0 Å². The summed E-state index contributed by atoms with van der Waals surface area (Å²) in [6.07, 6.45) is 5.31. The number of fused-ring (bicyclic) bond motifs is 1. The first-order chi connectivity index (χ1) is 20.3. The number of likely N-dealkylation sites (tertiary alicyclic amines) is 1. The summed E-state index contributed by atoms with van der Waals surface area (Å²) in [6, 6.07) is 2.44. The van der Waals surface area contributed by atoms with Gasteiger partial charge < -0.3 is 19.3 Å². The number of thiophene rings is 1. The molecule has 0 unspecified atom stereocenters. The second kappa shape index (κ2) is 12.5. The molecule has 3 aromatic heterocycles. The van der Waals surface area contributed by atoms with Crippen molar-refractivity contribution in [3.05, 3.63) is 23.2 Å². The van der Waals surface area contributed by atoms with Crippen LogP contribution < -0.4 is 14.4 Å². The van der Waals surface area contributed by atoms with Crippen LogP contribution in [-0.4, -0.2) is 130 Å². The Kier molecular flexibility index (Phi) is 8.80. The van der Waals surface area contributed by atoms with Crippen LogP contribution in [0.3, 0.4) is 0 Å². The summed E-state index contributed by atoms with van der Waals surface area (Å²) in [5.74, 6) is 0.857. The lowest BCUT2D eigenvalue weighted by molar-refractivity contribution is 0.0620. The molecule has 6 heterocycles. The van der Waals surface area contributed by atoms with Crippen molar-refractivity contribution >= 4 is 43.2 Å². The van der Waals surface area contributed by atoms with E-state index in [0.29, 0.717) is 43.9 Å². The number of piperazine rings is 1. The van der Waals surface area contributed by atoms with E-state index in [1.807, 2.05) is 0 Å². The second-order valence-corrected chi connectivity index (χ2v) is 14.0. The summed E-state index contributed by atoms with van der Waals surface area (Å²) in [5.41, 5.74) is 3.84. The van der Waals surface area contributed by atoms with Gasteiger partial charge in [0.1, 0.15) is 5.69 Å². The number of nitrogens with zero attached hydrogens (tertiary/aromatic N) is 7. The van der Waals surface area contributed by atoms with Crippen molar-refractivity contribution in [3.63, 3.8) is 0 Å². The van der Waals surface area contributed by atoms with Gasteiger partial charge in [0.2, 0.25) is 21.9 Å². The van der Waals surface area contributed by atoms with E-state index in [1.165, 1.54) is 38.6 Å². The number of morpholine rings is 1. The third-order valence-corrected chi connectivity index (χ3v) is 10.0. The third kappa shape index (κ3) is 6.63. The van der Waals surface area contributed by atoms with Gasteiger partial charge in [0, 0.05) is 69.2 Å². The number of ether oxygens (including phenoxy) is 2. The fourth-order valence-corrected chi connectivity index (χ4v) is 7.63. The van der Waals surface area contributed by atoms with E-state index < -0.39 is 10.0 Å². The number of pyridine rings is 1. The molecule has 0 atom stereocenters. The van der Waals surface area contributed by atoms with Gasteiger partial charge in [-0.3, -0.25) is 14.5 Å². The van der Waals surface area contributed by atoms with Crippen molar-refractivity contribution < 1.29 is 17.9 Å². The molecule has 3 saturated heterocycles. The summed E-state index contributed by atoms with van der Waals surface area (Å²) < 4.78 is 38.5. The molecule has 0 amide bonds. The van der Waals surface area contributed by atoms with E-state index in [2.05, 4.69) is 41.7 Å². The number of rotatable bonds is 8. The van der Waals surface area contributed by atoms with Crippen LogP contribution in [0, 0.1) is 0 Å². The van der Waals surface area contributed by atoms with Crippen LogP contribution >= 0.6 is 11.3 Å². The first-order valence-corrected chi connectivity index (χ1v) is 17.3. The zero-order valence-corrected chi connectivity index (χ0v) is 26.2. The van der Waals surface area contributed by atoms with Gasteiger partial charge in [-0.05, 0) is 44.4 Å². The highest BCUT2D eigenvalue weighted by Gasteiger charge is 2.28. The second-order valence-electron chi connectivity index (χ2n) is 11.4. The lowest BCUT2D eigenvalue weighted by atomic mass is 10.0. The smallest absolute Gasteiger partial charge is 0.238 e. The number of aromatic nitrogens is 3. The molecule has 3 fully saturated rings. The SMILES string of the molecule is COc1ncc(-c2nc(N3CCOCC3)nc3c(CN4CCN(C5CCN(C)CC5)CC4)csc23)cc1NS(C)(=O)=O. The molecule has 3 aromatic rings. The minimum absolute atomic E-state index is 0.203. The third-order valence-electron chi connectivity index (χ3n) is 8.39. The molecule has 6 rings (SSSR count). The molecule has 1 N–H and O–H groups in total. The number of hydrogen-bond donors (Lipinski definition) is 1. The highest BCUT2D eigenvalue weighted by Crippen LogP contribution is 2.37. The summed E-state index contributed by atoms with van der Waals surface area (Å²) >= 11 is 1.62. The first kappa shape index (κ1) is 29.5. The van der Waals surface area contributed by atoms with Gasteiger partial charge >= 0.3 is 0 Å². The molecule has 0 aromatic carbocycles. The van der Waals surface area contributed by atoms with E-state index in [-0.39, 0.29) is 11.6 Å². The predicted molar refractivity (Wildman–Crippen MR) is 166 cm³/mol. The average molecular weight is 617 g/mol. The Morgan fingerprint density at radius 2 is 1.81 bits per heavy atom. The molecule has 228 valence electrons. The average Bonchev–Trinajstić information content (AvgIpc) is 3.39. The number of methoxy groups -OCH3 is 1. The lowest BCUT2D eigenvalue weighted by Gasteiger charge is -2.42. The molecule has 0 aliphatic carbocycles. The van der Waals surface area contributed by atoms with Crippen LogP contribution in [0.2, 0.25) is 0 Å². The van der Waals surface area contributed by atoms with Gasteiger partial charge in [0.15, 0.2) is 0 Å². The van der Waals surface area contributed by atoms with Crippen LogP contribution in [0.5, 0.6) is 5.88 Å². The Morgan fingerprint density at radius 3 is 2.50 bits per heavy atom. The number of nitrogens with one attached hydrogen (secondary N) is 1. The van der Waals surface area contributed by atoms with Crippen LogP contribution in [0.25, 0.3) is 21.5 Å². The van der Waals surface area contributed by atoms with Crippen LogP contribution in [0.1, 0.15) is 18.4 Å². The monoisotopic (exact) mass is 616 g/mol. The van der Waals surface area contributed by atoms with Gasteiger partial charge in [-0.25, -0.2) is 23.4 Å². The minimum Gasteiger partial charge on any atom is -0.480 e. The van der Waals surface area contributed by atoms with Gasteiger partial charge in [-0.15, -0.1) is 11.3 Å². The summed E-state index contributed by atoms with van der Waals surface area (Å²) in [7, 11) is 0.148. The Hall–Kier alpha value is -2.62. The van der Waals surface area contributed by atoms with Crippen LogP contribution in [0.15, 0.2) is 17.6 Å². The molecule has 0 saturated carbocycles. The molecular weight excluding hydrogens is 576 g/mol. The maximum Gasteiger partial charge on any atom is 0.238 e. The predicted octanol–water partition coefficient (Wildman–Crippen LogP) is 2.18. The Balaban J connectivity index is 1.29. The quantitative estimate of drug-likeness (QED) is 0.402. The number of anilines is 2. The lowest BCUT2D eigenvalue weighted by Crippen LogP contribution is -2.52. The van der Waals surface area contributed by atoms with Crippen LogP contribution in [-0.2, 0) is 21.3 Å². The highest BCUT2D eigenvalue weighted by molar-refractivity contribution is 7.92. The van der Waals surface area contributed by atoms with Crippen LogP contribution in [0.4, 0.5) is 11.6 Å². The normalized spacial score (nSPS) is 20.3. The van der Waals surface area contributed by atoms with Crippen molar-refractivity contribution in [3.8, 4) is 17.1 Å². The fraction of sp³-hybridized carbons (Fsp3) is 0.607. The molecular formula is C28H40N8O4S2. The van der Waals surface area contributed by atoms with Gasteiger partial charge in [-0.1, -0.05) is 0 Å². The van der Waals surface area contributed by atoms with E-state index >= 15 is 0 Å². The summed E-state index contributed by atoms with van der Waals surface area (Å²) in [5, 5.41) is 2.20. The van der Waals surface area contributed by atoms with E-state index in [9.17, 15) is 8.42 Å². The molecule has 0 radical (unpaired) electrons. The topological polar surface area (TPSA) is 116 Å². The highest BCUT2D eigenvalue weighted by atomic mass is 32.2. The molecule has 0 bridgehead atoms. The zero-order chi connectivity index (χ0) is 29.3. The molecule has 14 heteroatoms.